The zero-order chi connectivity index (χ0) is 17.1. The van der Waals surface area contributed by atoms with E-state index in [2.05, 4.69) is 25.5 Å². The van der Waals surface area contributed by atoms with Crippen LogP contribution in [0.3, 0.4) is 0 Å². The van der Waals surface area contributed by atoms with E-state index in [9.17, 15) is 4.79 Å². The van der Waals surface area contributed by atoms with Crippen LogP contribution in [0.15, 0.2) is 47.5 Å². The van der Waals surface area contributed by atoms with Crippen molar-refractivity contribution in [1.82, 2.24) is 30.1 Å². The molecule has 0 bridgehead atoms. The molecule has 4 aromatic rings. The molecule has 0 radical (unpaired) electrons. The maximum atomic E-state index is 12.1. The van der Waals surface area contributed by atoms with Gasteiger partial charge in [-0.2, -0.15) is 10.1 Å². The van der Waals surface area contributed by atoms with Crippen molar-refractivity contribution in [3.8, 4) is 0 Å². The van der Waals surface area contributed by atoms with Gasteiger partial charge in [-0.15, -0.1) is 0 Å². The number of nitrogens with zero attached hydrogens (tertiary/aromatic N) is 5. The minimum absolute atomic E-state index is 0.0658. The lowest BCUT2D eigenvalue weighted by Crippen LogP contribution is -2.26. The number of hydrogen-bond acceptors (Lipinski definition) is 6. The Morgan fingerprint density at radius 3 is 3.12 bits per heavy atom. The van der Waals surface area contributed by atoms with E-state index in [-0.39, 0.29) is 12.3 Å². The molecule has 1 aromatic carbocycles. The summed E-state index contributed by atoms with van der Waals surface area (Å²) in [4.78, 5) is 20.3. The molecule has 1 amide bonds. The summed E-state index contributed by atoms with van der Waals surface area (Å²) in [5.41, 5.74) is 2.41. The number of hydrogen-bond donors (Lipinski definition) is 1. The summed E-state index contributed by atoms with van der Waals surface area (Å²) >= 11 is 0. The third-order valence-corrected chi connectivity index (χ3v) is 3.93. The summed E-state index contributed by atoms with van der Waals surface area (Å²) in [6.07, 6.45) is 6.98. The smallest absolute Gasteiger partial charge is 0.252 e. The predicted octanol–water partition coefficient (Wildman–Crippen LogP) is 1.56. The Kier molecular flexibility index (Phi) is 4.07. The predicted molar refractivity (Wildman–Crippen MR) is 89.8 cm³/mol. The molecule has 3 aromatic heterocycles. The lowest BCUT2D eigenvalue weighted by molar-refractivity contribution is -0.120. The standard InChI is InChI=1S/C17H16N6O2/c24-16(8-14-13-5-1-2-6-15(13)25-22-14)18-7-3-4-12-9-19-17-20-11-21-23(17)10-12/h1-2,5-6,9-11H,3-4,7-8H2,(H,18,24). The first-order valence-corrected chi connectivity index (χ1v) is 8.04. The quantitative estimate of drug-likeness (QED) is 0.537. The van der Waals surface area contributed by atoms with Crippen LogP contribution in [0.1, 0.15) is 17.7 Å². The van der Waals surface area contributed by atoms with Gasteiger partial charge in [0.2, 0.25) is 5.91 Å². The summed E-state index contributed by atoms with van der Waals surface area (Å²) in [7, 11) is 0. The summed E-state index contributed by atoms with van der Waals surface area (Å²) in [5, 5.41) is 11.8. The van der Waals surface area contributed by atoms with Gasteiger partial charge in [0.05, 0.1) is 6.42 Å². The molecule has 0 aliphatic carbocycles. The second-order valence-corrected chi connectivity index (χ2v) is 5.72. The van der Waals surface area contributed by atoms with Gasteiger partial charge < -0.3 is 9.84 Å². The van der Waals surface area contributed by atoms with Gasteiger partial charge in [0.15, 0.2) is 5.58 Å². The zero-order valence-corrected chi connectivity index (χ0v) is 13.4. The Labute approximate surface area is 142 Å². The van der Waals surface area contributed by atoms with Gasteiger partial charge in [-0.3, -0.25) is 4.79 Å². The molecule has 126 valence electrons. The second kappa shape index (κ2) is 6.68. The maximum Gasteiger partial charge on any atom is 0.252 e. The molecule has 0 aliphatic heterocycles. The molecule has 8 heteroatoms. The zero-order valence-electron chi connectivity index (χ0n) is 13.4. The number of aryl methyl sites for hydroxylation is 1. The van der Waals surface area contributed by atoms with E-state index in [0.29, 0.717) is 23.6 Å². The van der Waals surface area contributed by atoms with E-state index in [1.807, 2.05) is 30.5 Å². The van der Waals surface area contributed by atoms with Gasteiger partial charge >= 0.3 is 0 Å². The van der Waals surface area contributed by atoms with Crippen LogP contribution in [0.25, 0.3) is 16.7 Å². The Hall–Kier alpha value is -3.29. The first kappa shape index (κ1) is 15.3. The van der Waals surface area contributed by atoms with Crippen molar-refractivity contribution in [2.45, 2.75) is 19.3 Å². The summed E-state index contributed by atoms with van der Waals surface area (Å²) in [6, 6.07) is 7.52. The summed E-state index contributed by atoms with van der Waals surface area (Å²) in [5.74, 6) is 0.515. The largest absolute Gasteiger partial charge is 0.356 e. The van der Waals surface area contributed by atoms with Crippen molar-refractivity contribution in [3.05, 3.63) is 54.2 Å². The monoisotopic (exact) mass is 336 g/mol. The summed E-state index contributed by atoms with van der Waals surface area (Å²) < 4.78 is 6.85. The average molecular weight is 336 g/mol. The number of para-hydroxylation sites is 1. The van der Waals surface area contributed by atoms with Gasteiger partial charge in [0.1, 0.15) is 12.0 Å². The van der Waals surface area contributed by atoms with Gasteiger partial charge in [0.25, 0.3) is 5.78 Å². The van der Waals surface area contributed by atoms with Crippen molar-refractivity contribution in [3.63, 3.8) is 0 Å². The molecule has 0 spiro atoms. The fraction of sp³-hybridized carbons (Fsp3) is 0.235. The van der Waals surface area contributed by atoms with Crippen LogP contribution < -0.4 is 5.32 Å². The number of rotatable bonds is 6. The minimum Gasteiger partial charge on any atom is -0.356 e. The Balaban J connectivity index is 1.27. The highest BCUT2D eigenvalue weighted by atomic mass is 16.5. The van der Waals surface area contributed by atoms with Gasteiger partial charge in [-0.05, 0) is 30.5 Å². The highest BCUT2D eigenvalue weighted by Gasteiger charge is 2.11. The van der Waals surface area contributed by atoms with Crippen molar-refractivity contribution in [2.24, 2.45) is 0 Å². The van der Waals surface area contributed by atoms with Crippen molar-refractivity contribution in [1.29, 1.82) is 0 Å². The van der Waals surface area contributed by atoms with Crippen molar-refractivity contribution < 1.29 is 9.32 Å². The number of carbonyl (C=O) groups is 1. The van der Waals surface area contributed by atoms with Crippen LogP contribution in [-0.4, -0.2) is 37.2 Å². The van der Waals surface area contributed by atoms with Gasteiger partial charge in [-0.1, -0.05) is 17.3 Å². The molecule has 0 aliphatic rings. The van der Waals surface area contributed by atoms with Gasteiger partial charge in [0, 0.05) is 24.3 Å². The second-order valence-electron chi connectivity index (χ2n) is 5.72. The first-order valence-electron chi connectivity index (χ1n) is 8.04. The average Bonchev–Trinajstić information content (AvgIpc) is 3.25. The molecule has 25 heavy (non-hydrogen) atoms. The minimum atomic E-state index is -0.0658. The fourth-order valence-corrected chi connectivity index (χ4v) is 2.69. The van der Waals surface area contributed by atoms with E-state index in [1.54, 1.807) is 10.7 Å². The van der Waals surface area contributed by atoms with Crippen LogP contribution in [0.2, 0.25) is 0 Å². The molecule has 8 nitrogen and oxygen atoms in total. The van der Waals surface area contributed by atoms with E-state index < -0.39 is 0 Å². The Morgan fingerprint density at radius 2 is 2.16 bits per heavy atom. The van der Waals surface area contributed by atoms with Crippen LogP contribution in [-0.2, 0) is 17.6 Å². The van der Waals surface area contributed by atoms with E-state index in [4.69, 9.17) is 4.52 Å². The highest BCUT2D eigenvalue weighted by Crippen LogP contribution is 2.17. The molecule has 0 fully saturated rings. The van der Waals surface area contributed by atoms with Crippen LogP contribution >= 0.6 is 0 Å². The fourth-order valence-electron chi connectivity index (χ4n) is 2.69. The highest BCUT2D eigenvalue weighted by molar-refractivity contribution is 5.86. The topological polar surface area (TPSA) is 98.2 Å². The Morgan fingerprint density at radius 1 is 1.24 bits per heavy atom. The third kappa shape index (κ3) is 3.32. The Bertz CT molecular complexity index is 1020. The van der Waals surface area contributed by atoms with Gasteiger partial charge in [-0.25, -0.2) is 9.50 Å². The van der Waals surface area contributed by atoms with Crippen LogP contribution in [0, 0.1) is 0 Å². The number of aromatic nitrogens is 5. The van der Waals surface area contributed by atoms with E-state index in [1.165, 1.54) is 6.33 Å². The SMILES string of the molecule is O=C(Cc1noc2ccccc12)NCCCc1cnc2ncnn2c1. The number of fused-ring (bicyclic) bond motifs is 2. The molecule has 0 saturated heterocycles. The molecular formula is C17H16N6O2. The van der Waals surface area contributed by atoms with Crippen LogP contribution in [0.5, 0.6) is 0 Å². The number of carbonyl (C=O) groups excluding carboxylic acids is 1. The molecule has 0 atom stereocenters. The summed E-state index contributed by atoms with van der Waals surface area (Å²) in [6.45, 7) is 0.587. The molecular weight excluding hydrogens is 320 g/mol. The van der Waals surface area contributed by atoms with Crippen molar-refractivity contribution >= 4 is 22.7 Å². The number of nitrogens with one attached hydrogen (secondary N) is 1. The first-order chi connectivity index (χ1) is 12.3. The van der Waals surface area contributed by atoms with E-state index >= 15 is 0 Å². The molecule has 0 saturated carbocycles. The van der Waals surface area contributed by atoms with Crippen LogP contribution in [0.4, 0.5) is 0 Å². The molecule has 4 rings (SSSR count). The lowest BCUT2D eigenvalue weighted by atomic mass is 10.1. The lowest BCUT2D eigenvalue weighted by Gasteiger charge is -2.04. The third-order valence-electron chi connectivity index (χ3n) is 3.93. The maximum absolute atomic E-state index is 12.1. The number of benzene rings is 1. The normalized spacial score (nSPS) is 11.2. The van der Waals surface area contributed by atoms with E-state index in [0.717, 1.165) is 23.8 Å². The molecule has 3 heterocycles. The molecule has 0 unspecified atom stereocenters. The van der Waals surface area contributed by atoms with Crippen molar-refractivity contribution in [2.75, 3.05) is 6.54 Å². The molecule has 1 N–H and O–H groups in total. The number of amides is 1.